The van der Waals surface area contributed by atoms with Gasteiger partial charge in [0.15, 0.2) is 0 Å². The first-order valence-electron chi connectivity index (χ1n) is 40.2. The van der Waals surface area contributed by atoms with Crippen molar-refractivity contribution in [1.29, 1.82) is 0 Å². The van der Waals surface area contributed by atoms with E-state index in [1.165, 1.54) is 169 Å². The van der Waals surface area contributed by atoms with E-state index in [1.807, 2.05) is 445 Å². The Kier molecular flexibility index (Phi) is 140. The van der Waals surface area contributed by atoms with Crippen molar-refractivity contribution in [1.82, 2.24) is 0 Å². The first-order valence-corrected chi connectivity index (χ1v) is 132. The second-order valence-electron chi connectivity index (χ2n) is 27.7. The maximum absolute atomic E-state index is 5.98. The Labute approximate surface area is 1060 Å². The molecule has 4 aliphatic rings. The van der Waals surface area contributed by atoms with Crippen molar-refractivity contribution in [3.8, 4) is 11.5 Å². The summed E-state index contributed by atoms with van der Waals surface area (Å²) in [6.07, 6.45) is 30.4. The van der Waals surface area contributed by atoms with E-state index >= 15 is 0 Å². The molecule has 832 valence electrons. The van der Waals surface area contributed by atoms with Gasteiger partial charge in [0.25, 0.3) is 0 Å². The molecule has 0 bridgehead atoms. The van der Waals surface area contributed by atoms with Crippen molar-refractivity contribution in [2.75, 3.05) is 27.4 Å². The van der Waals surface area contributed by atoms with Gasteiger partial charge >= 0.3 is 57.4 Å². The molecule has 141 heavy (non-hydrogen) atoms. The minimum atomic E-state index is -2.15. The summed E-state index contributed by atoms with van der Waals surface area (Å²) in [6.45, 7) is 30.9. The van der Waals surface area contributed by atoms with Crippen LogP contribution < -0.4 is 19.8 Å². The Morgan fingerprint density at radius 3 is 0.553 bits per heavy atom. The Morgan fingerprint density at radius 2 is 0.418 bits per heavy atom. The van der Waals surface area contributed by atoms with Gasteiger partial charge in [0.05, 0.1) is 14.2 Å². The molecule has 8 unspecified atom stereocenters. The van der Waals surface area contributed by atoms with Crippen LogP contribution in [0.4, 0.5) is 4.70 Å². The van der Waals surface area contributed by atoms with Crippen LogP contribution in [0.2, 0.25) is 24.2 Å². The van der Waals surface area contributed by atoms with Crippen LogP contribution in [-0.4, -0.2) is 56.0 Å². The molecule has 2 aromatic carbocycles. The predicted octanol–water partition coefficient (Wildman–Crippen LogP) is 21.1. The first kappa shape index (κ1) is 164. The van der Waals surface area contributed by atoms with Crippen LogP contribution >= 0.6 is 18.6 Å². The van der Waals surface area contributed by atoms with Gasteiger partial charge in [0, 0.05) is 577 Å². The van der Waals surface area contributed by atoms with Crippen LogP contribution in [-0.2, 0) is 608 Å². The summed E-state index contributed by atoms with van der Waals surface area (Å²) in [7, 11) is 119. The smallest absolute Gasteiger partial charge is 4.00 e. The summed E-state index contributed by atoms with van der Waals surface area (Å²) in [5.41, 5.74) is 1.37. The molecule has 0 aromatic heterocycles. The number of para-hydroxylation sites is 2. The molecule has 75 heteroatoms. The van der Waals surface area contributed by atoms with E-state index in [0.717, 1.165) is 72.1 Å². The van der Waals surface area contributed by atoms with Crippen LogP contribution in [0, 0.1) is 77.0 Å². The van der Waals surface area contributed by atoms with Crippen LogP contribution in [0.15, 0.2) is 48.5 Å². The van der Waals surface area contributed by atoms with E-state index in [1.54, 1.807) is 107 Å². The Morgan fingerprint density at radius 1 is 0.277 bits per heavy atom. The van der Waals surface area contributed by atoms with Crippen LogP contribution in [0.5, 0.6) is 11.5 Å². The fraction of sp³-hybridized carbons (Fsp3) is 0.758. The number of halogens is 3. The van der Waals surface area contributed by atoms with Crippen LogP contribution in [0.25, 0.3) is 9.96 Å². The SMILES string of the molecule is CCOCC.COc1ccccc1[Si@](C)([N-]C1CCCCCCCCCCC1)C1C(C)C(C)C(C)C1C.COc1ccccc1[Si@](C)([N-]C1CCCCCCCCCCC1)C1C(C)C(C)C(C)C1C.F.S=S=S=S=S=S=S=S=S=S=S=S=S=S=S=S=S=S=S=S=S=S=S=S=S=S=S=S=S=S=S=S=S=S=S=S=S=S=S=S=S=S=S=S=S=S=S=S=S=S=S=S=S=S=S=S=S=S=S=S=S=S=S.[CH3-].[CH3-].[CH3-].[CH3-].[Cl][Ti][Cl].[Ti+4]. The summed E-state index contributed by atoms with van der Waals surface area (Å²) >= 11 is 9.08. The number of rotatable bonds is 12. The molecule has 10 atom stereocenters. The molecular weight excluding hydrogens is 3130 g/mol. The minimum absolute atomic E-state index is 0. The average Bonchev–Trinajstić information content (AvgIpc) is 1.45. The number of hydrogen-bond acceptors (Lipinski definition) is 5. The van der Waals surface area contributed by atoms with Gasteiger partial charge in [0.1, 0.15) is 11.5 Å². The van der Waals surface area contributed by atoms with E-state index in [0.29, 0.717) is 23.2 Å². The van der Waals surface area contributed by atoms with E-state index in [-0.39, 0.29) is 56.1 Å². The number of nitrogens with zero attached hydrogens (tertiary/aromatic N) is 2. The van der Waals surface area contributed by atoms with Crippen molar-refractivity contribution in [3.05, 3.63) is 88.2 Å². The Balaban J connectivity index is -0.000000663. The minimum Gasteiger partial charge on any atom is 4.00 e. The summed E-state index contributed by atoms with van der Waals surface area (Å²) in [4.78, 5) is 12.0. The van der Waals surface area contributed by atoms with E-state index in [2.05, 4.69) is 117 Å². The maximum atomic E-state index is 5.98. The first-order chi connectivity index (χ1) is 66.0. The number of ether oxygens (including phenoxy) is 3. The summed E-state index contributed by atoms with van der Waals surface area (Å²) in [5.74, 6) is 8.09. The van der Waals surface area contributed by atoms with Crippen LogP contribution in [0.3, 0.4) is 0 Å². The fourth-order valence-corrected chi connectivity index (χ4v) is 188. The van der Waals surface area contributed by atoms with Gasteiger partial charge in [-0.25, -0.2) is 0 Å². The third-order valence-corrected chi connectivity index (χ3v) is 164. The second kappa shape index (κ2) is 121. The summed E-state index contributed by atoms with van der Waals surface area (Å²) < 4.78 is 16.7. The number of methoxy groups -OCH3 is 2. The van der Waals surface area contributed by atoms with Crippen molar-refractivity contribution < 1.29 is 57.7 Å². The number of hydrogen-bond donors (Lipinski definition) is 0. The zero-order chi connectivity index (χ0) is 98.2. The standard InChI is InChI=1S/2C29H50NOSi.C4H10O.4CH3.2ClH.FH.S63.2Ti/c2*1-22-23(2)25(4)29(24(22)3)32(6,28-21-17-16-20-27(28)31-5)30-26-18-14-12-10-8-7-9-11-13-15-19-26;1-3-5-4-2;;;;;;;;1-3-5-7-9-11-13-15-17-19-21-23-25-27-29-31-33-35-37-39-41-43-45-47-49-51-53-55-57-59-61-63-62-60-58-56-54-52-50-48-46-44-42-40-38-36-34-32-30-28-26-24-22-20-18-16-14-12-10-8-6-4-2;;/h2*16-17,20-26,29H,7-15,18-19H2,1-6H3;3-4H2,1-2H3;4*1H3;3*1H;;;/q2*-1;;4*-1;;;;;+2;+4/p-2/t2*22?,23?,24?,25?,29?,32-;;;;;;;;;;;/m00.........../s1. The molecule has 4 saturated carbocycles. The fourth-order valence-electron chi connectivity index (χ4n) is 15.2. The van der Waals surface area contributed by atoms with Gasteiger partial charge in [-0.05, 0) is 100 Å². The molecule has 4 aliphatic carbocycles. The monoisotopic (exact) mass is 3250 g/mol. The van der Waals surface area contributed by atoms with Gasteiger partial charge < -0.3 is 53.9 Å². The van der Waals surface area contributed by atoms with Crippen LogP contribution in [0.1, 0.15) is 210 Å². The molecule has 4 fully saturated rings. The zero-order valence-corrected chi connectivity index (χ0v) is 138. The molecule has 2 aromatic rings. The summed E-state index contributed by atoms with van der Waals surface area (Å²) in [6, 6.07) is 18.8. The van der Waals surface area contributed by atoms with Crippen molar-refractivity contribution in [3.63, 3.8) is 0 Å². The molecule has 0 radical (unpaired) electrons. The van der Waals surface area contributed by atoms with Crippen molar-refractivity contribution in [2.24, 2.45) is 47.3 Å². The third-order valence-electron chi connectivity index (χ3n) is 21.0. The number of benzene rings is 2. The zero-order valence-electron chi connectivity index (χ0n) is 79.5. The summed E-state index contributed by atoms with van der Waals surface area (Å²) in [5, 5.41) is 2.89. The maximum Gasteiger partial charge on any atom is 4.00 e. The Bertz CT molecular complexity index is 6700. The average molecular weight is 3250 g/mol. The van der Waals surface area contributed by atoms with E-state index in [4.69, 9.17) is 65.2 Å². The van der Waals surface area contributed by atoms with Gasteiger partial charge in [0.2, 0.25) is 0 Å². The molecule has 6 rings (SSSR count). The van der Waals surface area contributed by atoms with Crippen molar-refractivity contribution in [2.45, 2.75) is 247 Å². The van der Waals surface area contributed by atoms with E-state index in [9.17, 15) is 0 Å². The quantitative estimate of drug-likeness (QED) is 0.157. The second-order valence-corrected chi connectivity index (χ2v) is 146. The van der Waals surface area contributed by atoms with Gasteiger partial charge in [-0.1, -0.05) is 257 Å². The van der Waals surface area contributed by atoms with Gasteiger partial charge in [-0.2, -0.15) is 0 Å². The molecule has 0 amide bonds. The molecule has 5 nitrogen and oxygen atoms in total. The molecule has 0 saturated heterocycles. The topological polar surface area (TPSA) is 55.9 Å². The normalized spacial score (nSPS) is 18.9. The predicted molar refractivity (Wildman–Crippen MR) is 811 cm³/mol. The molecule has 0 N–H and O–H groups in total. The van der Waals surface area contributed by atoms with E-state index < -0.39 is 33.5 Å². The third kappa shape index (κ3) is 85.6. The molecule has 0 spiro atoms. The van der Waals surface area contributed by atoms with Gasteiger partial charge in [-0.15, -0.1) is 12.1 Å². The van der Waals surface area contributed by atoms with Gasteiger partial charge in [-0.3, -0.25) is 4.70 Å². The van der Waals surface area contributed by atoms with Crippen molar-refractivity contribution >= 4 is 610 Å². The largest absolute Gasteiger partial charge is 4.00 e. The molecule has 0 heterocycles. The molecular formula is C66H123Cl2FN2O3S63Si2Ti2-2. The molecule has 0 aliphatic heterocycles. The Hall–Kier alpha value is 14.2.